The van der Waals surface area contributed by atoms with Gasteiger partial charge in [0.15, 0.2) is 5.78 Å². The van der Waals surface area contributed by atoms with Crippen LogP contribution in [0.25, 0.3) is 0 Å². The van der Waals surface area contributed by atoms with Gasteiger partial charge in [-0.15, -0.1) is 0 Å². The number of allylic oxidation sites excluding steroid dienone is 1. The van der Waals surface area contributed by atoms with Crippen LogP contribution in [0.3, 0.4) is 0 Å². The third-order valence-electron chi connectivity index (χ3n) is 3.00. The van der Waals surface area contributed by atoms with Gasteiger partial charge in [-0.05, 0) is 50.3 Å². The van der Waals surface area contributed by atoms with Crippen LogP contribution in [0.2, 0.25) is 0 Å². The molecule has 0 saturated heterocycles. The fourth-order valence-corrected chi connectivity index (χ4v) is 1.68. The van der Waals surface area contributed by atoms with Gasteiger partial charge in [0.2, 0.25) is 0 Å². The minimum Gasteiger partial charge on any atom is -0.295 e. The molecule has 0 bridgehead atoms. The molecule has 1 heteroatoms. The maximum Gasteiger partial charge on any atom is 0.159 e. The first-order valence-electron chi connectivity index (χ1n) is 5.81. The van der Waals surface area contributed by atoms with E-state index in [0.717, 1.165) is 24.8 Å². The molecule has 0 aliphatic carbocycles. The average Bonchev–Trinajstić information content (AvgIpc) is 2.26. The van der Waals surface area contributed by atoms with E-state index >= 15 is 0 Å². The Balaban J connectivity index is 2.75. The highest BCUT2D eigenvalue weighted by Crippen LogP contribution is 2.16. The molecule has 0 saturated carbocycles. The second-order valence-electron chi connectivity index (χ2n) is 4.30. The molecule has 1 nitrogen and oxygen atoms in total. The summed E-state index contributed by atoms with van der Waals surface area (Å²) in [6.07, 6.45) is 3.11. The zero-order valence-corrected chi connectivity index (χ0v) is 10.5. The Morgan fingerprint density at radius 3 is 2.56 bits per heavy atom. The average molecular weight is 216 g/mol. The fraction of sp³-hybridized carbons (Fsp3) is 0.400. The zero-order chi connectivity index (χ0) is 12.1. The van der Waals surface area contributed by atoms with Gasteiger partial charge < -0.3 is 0 Å². The minimum absolute atomic E-state index is 0.132. The van der Waals surface area contributed by atoms with E-state index in [1.807, 2.05) is 12.1 Å². The molecule has 1 rings (SSSR count). The summed E-state index contributed by atoms with van der Waals surface area (Å²) >= 11 is 0. The third-order valence-corrected chi connectivity index (χ3v) is 3.00. The van der Waals surface area contributed by atoms with Crippen LogP contribution in [-0.2, 0) is 6.42 Å². The monoisotopic (exact) mass is 216 g/mol. The van der Waals surface area contributed by atoms with Gasteiger partial charge in [-0.2, -0.15) is 0 Å². The van der Waals surface area contributed by atoms with Crippen LogP contribution in [0.15, 0.2) is 30.4 Å². The largest absolute Gasteiger partial charge is 0.295 e. The predicted molar refractivity (Wildman–Crippen MR) is 68.9 cm³/mol. The molecule has 86 valence electrons. The molecule has 0 amide bonds. The SMILES string of the molecule is C=C(CC)CCc1ccc(C(C)=O)cc1C. The highest BCUT2D eigenvalue weighted by Gasteiger charge is 2.03. The van der Waals surface area contributed by atoms with E-state index in [-0.39, 0.29) is 5.78 Å². The number of carbonyl (C=O) groups is 1. The Bertz CT molecular complexity index is 402. The molecule has 0 aliphatic heterocycles. The molecular weight excluding hydrogens is 196 g/mol. The van der Waals surface area contributed by atoms with E-state index in [1.165, 1.54) is 16.7 Å². The lowest BCUT2D eigenvalue weighted by atomic mass is 9.97. The molecule has 16 heavy (non-hydrogen) atoms. The number of hydrogen-bond donors (Lipinski definition) is 0. The molecule has 0 aromatic heterocycles. The van der Waals surface area contributed by atoms with Crippen molar-refractivity contribution in [2.45, 2.75) is 40.0 Å². The summed E-state index contributed by atoms with van der Waals surface area (Å²) in [4.78, 5) is 11.2. The summed E-state index contributed by atoms with van der Waals surface area (Å²) < 4.78 is 0. The number of carbonyl (C=O) groups excluding carboxylic acids is 1. The smallest absolute Gasteiger partial charge is 0.159 e. The highest BCUT2D eigenvalue weighted by molar-refractivity contribution is 5.94. The maximum absolute atomic E-state index is 11.2. The summed E-state index contributed by atoms with van der Waals surface area (Å²) in [5, 5.41) is 0. The first-order chi connectivity index (χ1) is 7.54. The number of Topliss-reactive ketones (excluding diaryl/α,β-unsaturated/α-hetero) is 1. The van der Waals surface area contributed by atoms with E-state index in [1.54, 1.807) is 6.92 Å². The number of aryl methyl sites for hydroxylation is 2. The van der Waals surface area contributed by atoms with Crippen LogP contribution < -0.4 is 0 Å². The van der Waals surface area contributed by atoms with E-state index in [0.29, 0.717) is 0 Å². The van der Waals surface area contributed by atoms with E-state index < -0.39 is 0 Å². The summed E-state index contributed by atoms with van der Waals surface area (Å²) in [5.74, 6) is 0.132. The number of ketones is 1. The molecule has 1 aromatic carbocycles. The van der Waals surface area contributed by atoms with Crippen molar-refractivity contribution in [1.82, 2.24) is 0 Å². The van der Waals surface area contributed by atoms with E-state index in [4.69, 9.17) is 0 Å². The van der Waals surface area contributed by atoms with Crippen LogP contribution in [0.1, 0.15) is 48.2 Å². The quantitative estimate of drug-likeness (QED) is 0.535. The van der Waals surface area contributed by atoms with E-state index in [2.05, 4.69) is 26.5 Å². The number of benzene rings is 1. The van der Waals surface area contributed by atoms with Crippen molar-refractivity contribution in [3.05, 3.63) is 47.0 Å². The lowest BCUT2D eigenvalue weighted by molar-refractivity contribution is 0.101. The van der Waals surface area contributed by atoms with Crippen molar-refractivity contribution in [1.29, 1.82) is 0 Å². The van der Waals surface area contributed by atoms with Crippen LogP contribution in [0.5, 0.6) is 0 Å². The van der Waals surface area contributed by atoms with Crippen molar-refractivity contribution in [2.75, 3.05) is 0 Å². The van der Waals surface area contributed by atoms with Crippen LogP contribution >= 0.6 is 0 Å². The van der Waals surface area contributed by atoms with E-state index in [9.17, 15) is 4.79 Å². The number of hydrogen-bond acceptors (Lipinski definition) is 1. The molecule has 0 spiro atoms. The molecule has 0 radical (unpaired) electrons. The first kappa shape index (κ1) is 12.7. The molecule has 0 heterocycles. The predicted octanol–water partition coefficient (Wildman–Crippen LogP) is 4.10. The van der Waals surface area contributed by atoms with Gasteiger partial charge in [0.25, 0.3) is 0 Å². The van der Waals surface area contributed by atoms with Gasteiger partial charge in [-0.1, -0.05) is 31.2 Å². The molecule has 0 aliphatic rings. The van der Waals surface area contributed by atoms with Gasteiger partial charge in [-0.3, -0.25) is 4.79 Å². The van der Waals surface area contributed by atoms with Gasteiger partial charge >= 0.3 is 0 Å². The fourth-order valence-electron chi connectivity index (χ4n) is 1.68. The molecular formula is C15H20O. The van der Waals surface area contributed by atoms with Crippen molar-refractivity contribution >= 4 is 5.78 Å². The topological polar surface area (TPSA) is 17.1 Å². The summed E-state index contributed by atoms with van der Waals surface area (Å²) in [6, 6.07) is 5.96. The van der Waals surface area contributed by atoms with Crippen molar-refractivity contribution < 1.29 is 4.79 Å². The normalized spacial score (nSPS) is 10.2. The van der Waals surface area contributed by atoms with Crippen LogP contribution in [0, 0.1) is 6.92 Å². The molecule has 0 N–H and O–H groups in total. The Morgan fingerprint density at radius 2 is 2.06 bits per heavy atom. The van der Waals surface area contributed by atoms with Gasteiger partial charge in [-0.25, -0.2) is 0 Å². The standard InChI is InChI=1S/C15H20O/c1-5-11(2)6-7-14-8-9-15(13(4)16)10-12(14)3/h8-10H,2,5-7H2,1,3-4H3. The van der Waals surface area contributed by atoms with Gasteiger partial charge in [0.1, 0.15) is 0 Å². The van der Waals surface area contributed by atoms with Gasteiger partial charge in [0.05, 0.1) is 0 Å². The lowest BCUT2D eigenvalue weighted by Gasteiger charge is -2.08. The van der Waals surface area contributed by atoms with Crippen LogP contribution in [0.4, 0.5) is 0 Å². The van der Waals surface area contributed by atoms with Crippen molar-refractivity contribution in [2.24, 2.45) is 0 Å². The van der Waals surface area contributed by atoms with Crippen molar-refractivity contribution in [3.63, 3.8) is 0 Å². The van der Waals surface area contributed by atoms with Crippen LogP contribution in [-0.4, -0.2) is 5.78 Å². The molecule has 0 unspecified atom stereocenters. The first-order valence-corrected chi connectivity index (χ1v) is 5.81. The maximum atomic E-state index is 11.2. The molecule has 0 atom stereocenters. The minimum atomic E-state index is 0.132. The van der Waals surface area contributed by atoms with Crippen molar-refractivity contribution in [3.8, 4) is 0 Å². The zero-order valence-electron chi connectivity index (χ0n) is 10.5. The van der Waals surface area contributed by atoms with Gasteiger partial charge in [0, 0.05) is 5.56 Å². The highest BCUT2D eigenvalue weighted by atomic mass is 16.1. The summed E-state index contributed by atoms with van der Waals surface area (Å²) in [7, 11) is 0. The number of rotatable bonds is 5. The third kappa shape index (κ3) is 3.34. The molecule has 0 fully saturated rings. The molecule has 1 aromatic rings. The summed E-state index contributed by atoms with van der Waals surface area (Å²) in [6.45, 7) is 9.81. The summed E-state index contributed by atoms with van der Waals surface area (Å²) in [5.41, 5.74) is 4.61. The Morgan fingerprint density at radius 1 is 1.38 bits per heavy atom. The Hall–Kier alpha value is -1.37. The lowest BCUT2D eigenvalue weighted by Crippen LogP contribution is -1.97. The second-order valence-corrected chi connectivity index (χ2v) is 4.30. The Kier molecular flexibility index (Phi) is 4.48. The Labute approximate surface area is 98.2 Å². The second kappa shape index (κ2) is 5.64.